The molecule has 0 aromatic carbocycles. The van der Waals surface area contributed by atoms with Gasteiger partial charge in [-0.25, -0.2) is 4.98 Å². The molecule has 1 N–H and O–H groups in total. The van der Waals surface area contributed by atoms with Crippen molar-refractivity contribution in [2.24, 2.45) is 0 Å². The lowest BCUT2D eigenvalue weighted by atomic mass is 10.4. The molecule has 1 aromatic heterocycles. The van der Waals surface area contributed by atoms with Crippen LogP contribution in [0, 0.1) is 0 Å². The van der Waals surface area contributed by atoms with Crippen LogP contribution < -0.4 is 5.32 Å². The number of hydrogen-bond donors (Lipinski definition) is 1. The van der Waals surface area contributed by atoms with Gasteiger partial charge >= 0.3 is 0 Å². The molecule has 0 fully saturated rings. The Hall–Kier alpha value is -0.830. The summed E-state index contributed by atoms with van der Waals surface area (Å²) in [6.45, 7) is 2.82. The summed E-state index contributed by atoms with van der Waals surface area (Å²) in [6.07, 6.45) is 4.05. The summed E-state index contributed by atoms with van der Waals surface area (Å²) in [5.74, 6) is 0.891. The Kier molecular flexibility index (Phi) is 3.80. The first kappa shape index (κ1) is 9.26. The van der Waals surface area contributed by atoms with Crippen molar-refractivity contribution in [1.29, 1.82) is 0 Å². The summed E-state index contributed by atoms with van der Waals surface area (Å²) < 4.78 is 0.855. The zero-order valence-electron chi connectivity index (χ0n) is 6.92. The van der Waals surface area contributed by atoms with Crippen molar-refractivity contribution < 1.29 is 0 Å². The lowest BCUT2D eigenvalue weighted by Gasteiger charge is -2.01. The van der Waals surface area contributed by atoms with Crippen LogP contribution in [0.1, 0.15) is 6.92 Å². The highest BCUT2D eigenvalue weighted by molar-refractivity contribution is 9.10. The lowest BCUT2D eigenvalue weighted by molar-refractivity contribution is 1.20. The van der Waals surface area contributed by atoms with E-state index in [0.29, 0.717) is 0 Å². The van der Waals surface area contributed by atoms with E-state index < -0.39 is 0 Å². The van der Waals surface area contributed by atoms with E-state index in [-0.39, 0.29) is 0 Å². The fourth-order valence-corrected chi connectivity index (χ4v) is 1.13. The monoisotopic (exact) mass is 226 g/mol. The highest BCUT2D eigenvalue weighted by Gasteiger charge is 1.90. The van der Waals surface area contributed by atoms with Crippen LogP contribution in [0.5, 0.6) is 0 Å². The maximum atomic E-state index is 4.22. The van der Waals surface area contributed by atoms with Gasteiger partial charge in [-0.15, -0.1) is 0 Å². The number of nitrogens with one attached hydrogen (secondary N) is 1. The number of nitrogens with zero attached hydrogens (tertiary/aromatic N) is 1. The van der Waals surface area contributed by atoms with Gasteiger partial charge in [0.25, 0.3) is 0 Å². The number of anilines is 1. The highest BCUT2D eigenvalue weighted by atomic mass is 79.9. The van der Waals surface area contributed by atoms with Crippen molar-refractivity contribution in [1.82, 2.24) is 4.98 Å². The van der Waals surface area contributed by atoms with Gasteiger partial charge in [0, 0.05) is 6.54 Å². The highest BCUT2D eigenvalue weighted by Crippen LogP contribution is 2.09. The number of hydrogen-bond acceptors (Lipinski definition) is 2. The van der Waals surface area contributed by atoms with E-state index in [9.17, 15) is 0 Å². The standard InChI is InChI=1S/C9H11BrN2/c1-2-3-7-11-9-6-4-5-8(10)12-9/h2-6H,7H2,1H3,(H,11,12)/b3-2+. The third-order valence-corrected chi connectivity index (χ3v) is 1.79. The van der Waals surface area contributed by atoms with E-state index in [0.717, 1.165) is 17.0 Å². The third-order valence-electron chi connectivity index (χ3n) is 1.35. The molecule has 0 aliphatic heterocycles. The molecule has 1 rings (SSSR count). The second-order valence-corrected chi connectivity index (χ2v) is 3.11. The molecular formula is C9H11BrN2. The first-order valence-electron chi connectivity index (χ1n) is 3.80. The van der Waals surface area contributed by atoms with E-state index in [1.807, 2.05) is 37.3 Å². The second-order valence-electron chi connectivity index (χ2n) is 2.30. The molecule has 0 radical (unpaired) electrons. The predicted octanol–water partition coefficient (Wildman–Crippen LogP) is 2.83. The Bertz CT molecular complexity index is 271. The van der Waals surface area contributed by atoms with E-state index >= 15 is 0 Å². The van der Waals surface area contributed by atoms with Crippen LogP contribution in [-0.2, 0) is 0 Å². The van der Waals surface area contributed by atoms with Crippen molar-refractivity contribution >= 4 is 21.7 Å². The number of aromatic nitrogens is 1. The average Bonchev–Trinajstić information content (AvgIpc) is 2.05. The molecule has 0 amide bonds. The molecule has 0 bridgehead atoms. The first-order chi connectivity index (χ1) is 5.83. The molecule has 1 aromatic rings. The van der Waals surface area contributed by atoms with Gasteiger partial charge in [0.05, 0.1) is 0 Å². The summed E-state index contributed by atoms with van der Waals surface area (Å²) in [4.78, 5) is 4.22. The predicted molar refractivity (Wildman–Crippen MR) is 55.2 cm³/mol. The van der Waals surface area contributed by atoms with Crippen molar-refractivity contribution in [3.8, 4) is 0 Å². The van der Waals surface area contributed by atoms with Gasteiger partial charge in [0.2, 0.25) is 0 Å². The van der Waals surface area contributed by atoms with Crippen LogP contribution in [0.2, 0.25) is 0 Å². The minimum absolute atomic E-state index is 0.819. The van der Waals surface area contributed by atoms with Gasteiger partial charge in [0.1, 0.15) is 10.4 Å². The number of pyridine rings is 1. The van der Waals surface area contributed by atoms with Crippen molar-refractivity contribution in [3.63, 3.8) is 0 Å². The van der Waals surface area contributed by atoms with Crippen LogP contribution >= 0.6 is 15.9 Å². The summed E-state index contributed by atoms with van der Waals surface area (Å²) in [5, 5.41) is 3.16. The fourth-order valence-electron chi connectivity index (χ4n) is 0.788. The maximum absolute atomic E-state index is 4.22. The van der Waals surface area contributed by atoms with Crippen LogP contribution in [-0.4, -0.2) is 11.5 Å². The molecule has 0 aliphatic rings. The molecule has 0 saturated heterocycles. The molecular weight excluding hydrogens is 216 g/mol. The Morgan fingerprint density at radius 3 is 3.08 bits per heavy atom. The summed E-state index contributed by atoms with van der Waals surface area (Å²) in [6, 6.07) is 5.80. The molecule has 1 heterocycles. The van der Waals surface area contributed by atoms with Gasteiger partial charge in [-0.05, 0) is 35.0 Å². The molecule has 2 nitrogen and oxygen atoms in total. The second kappa shape index (κ2) is 4.93. The first-order valence-corrected chi connectivity index (χ1v) is 4.60. The molecule has 0 atom stereocenters. The van der Waals surface area contributed by atoms with Crippen LogP contribution in [0.3, 0.4) is 0 Å². The zero-order valence-corrected chi connectivity index (χ0v) is 8.51. The van der Waals surface area contributed by atoms with E-state index in [2.05, 4.69) is 26.2 Å². The summed E-state index contributed by atoms with van der Waals surface area (Å²) in [5.41, 5.74) is 0. The lowest BCUT2D eigenvalue weighted by Crippen LogP contribution is -1.99. The van der Waals surface area contributed by atoms with Gasteiger partial charge in [0.15, 0.2) is 0 Å². The molecule has 12 heavy (non-hydrogen) atoms. The molecule has 0 spiro atoms. The summed E-state index contributed by atoms with van der Waals surface area (Å²) >= 11 is 3.30. The fraction of sp³-hybridized carbons (Fsp3) is 0.222. The van der Waals surface area contributed by atoms with Crippen molar-refractivity contribution in [2.45, 2.75) is 6.92 Å². The third kappa shape index (κ3) is 3.05. The van der Waals surface area contributed by atoms with Crippen LogP contribution in [0.15, 0.2) is 35.0 Å². The Labute approximate surface area is 80.8 Å². The van der Waals surface area contributed by atoms with Crippen LogP contribution in [0.25, 0.3) is 0 Å². The number of allylic oxidation sites excluding steroid dienone is 1. The summed E-state index contributed by atoms with van der Waals surface area (Å²) in [7, 11) is 0. The number of halogens is 1. The maximum Gasteiger partial charge on any atom is 0.127 e. The number of rotatable bonds is 3. The molecule has 0 saturated carbocycles. The van der Waals surface area contributed by atoms with E-state index in [1.54, 1.807) is 0 Å². The van der Waals surface area contributed by atoms with Crippen LogP contribution in [0.4, 0.5) is 5.82 Å². The van der Waals surface area contributed by atoms with Gasteiger partial charge < -0.3 is 5.32 Å². The molecule has 3 heteroatoms. The normalized spacial score (nSPS) is 10.5. The molecule has 64 valence electrons. The smallest absolute Gasteiger partial charge is 0.127 e. The van der Waals surface area contributed by atoms with Gasteiger partial charge in [-0.2, -0.15) is 0 Å². The minimum Gasteiger partial charge on any atom is -0.367 e. The molecule has 0 aliphatic carbocycles. The van der Waals surface area contributed by atoms with Gasteiger partial charge in [-0.3, -0.25) is 0 Å². The topological polar surface area (TPSA) is 24.9 Å². The molecule has 0 unspecified atom stereocenters. The van der Waals surface area contributed by atoms with E-state index in [1.165, 1.54) is 0 Å². The minimum atomic E-state index is 0.819. The van der Waals surface area contributed by atoms with Crippen molar-refractivity contribution in [3.05, 3.63) is 35.0 Å². The Morgan fingerprint density at radius 1 is 1.58 bits per heavy atom. The quantitative estimate of drug-likeness (QED) is 0.634. The zero-order chi connectivity index (χ0) is 8.81. The Balaban J connectivity index is 2.52. The average molecular weight is 227 g/mol. The largest absolute Gasteiger partial charge is 0.367 e. The van der Waals surface area contributed by atoms with E-state index in [4.69, 9.17) is 0 Å². The van der Waals surface area contributed by atoms with Gasteiger partial charge in [-0.1, -0.05) is 18.2 Å². The SMILES string of the molecule is C/C=C/CNc1cccc(Br)n1. The van der Waals surface area contributed by atoms with Crippen molar-refractivity contribution in [2.75, 3.05) is 11.9 Å². The Morgan fingerprint density at radius 2 is 2.42 bits per heavy atom.